The summed E-state index contributed by atoms with van der Waals surface area (Å²) >= 11 is 0. The van der Waals surface area contributed by atoms with Crippen LogP contribution in [-0.4, -0.2) is 44.4 Å². The fourth-order valence-corrected chi connectivity index (χ4v) is 5.28. The van der Waals surface area contributed by atoms with Gasteiger partial charge in [0.2, 0.25) is 0 Å². The molecule has 0 aliphatic carbocycles. The van der Waals surface area contributed by atoms with Crippen LogP contribution in [0.3, 0.4) is 0 Å². The SMILES string of the molecule is Cc1nc2cc(-c3cccc(-c4ccc(F)cc4)c3)nn2c(N2CCC(C)(C)CC2)c1[C@H](OC(C)(C)C)C(=O)O. The zero-order chi connectivity index (χ0) is 28.8. The first-order valence-corrected chi connectivity index (χ1v) is 13.7. The van der Waals surface area contributed by atoms with E-state index in [0.717, 1.165) is 54.1 Å². The number of benzene rings is 2. The maximum atomic E-state index is 13.5. The van der Waals surface area contributed by atoms with Gasteiger partial charge in [-0.2, -0.15) is 9.61 Å². The van der Waals surface area contributed by atoms with Crippen LogP contribution in [0, 0.1) is 18.2 Å². The standard InChI is InChI=1S/C32H37FN4O3/c1-20-27(28(30(38)39)40-31(2,3)4)29(36-16-14-32(5,6)15-17-36)37-26(34-20)19-25(35-37)23-9-7-8-22(18-23)21-10-12-24(33)13-11-21/h7-13,18-19,28H,14-17H2,1-6H3,(H,38,39)/t28-/m0/s1. The van der Waals surface area contributed by atoms with Crippen LogP contribution in [-0.2, 0) is 9.53 Å². The summed E-state index contributed by atoms with van der Waals surface area (Å²) in [5.41, 5.74) is 4.77. The summed E-state index contributed by atoms with van der Waals surface area (Å²) in [6.45, 7) is 13.5. The number of carbonyl (C=O) groups is 1. The number of anilines is 1. The number of hydrogen-bond donors (Lipinski definition) is 1. The number of nitrogens with zero attached hydrogens (tertiary/aromatic N) is 4. The van der Waals surface area contributed by atoms with Crippen molar-refractivity contribution in [2.24, 2.45) is 5.41 Å². The Balaban J connectivity index is 1.67. The van der Waals surface area contributed by atoms with Crippen LogP contribution in [0.1, 0.15) is 64.8 Å². The van der Waals surface area contributed by atoms with Gasteiger partial charge in [-0.3, -0.25) is 0 Å². The molecule has 1 aliphatic rings. The average Bonchev–Trinajstić information content (AvgIpc) is 3.30. The number of ether oxygens (including phenoxy) is 1. The Morgan fingerprint density at radius 2 is 1.68 bits per heavy atom. The van der Waals surface area contributed by atoms with E-state index in [4.69, 9.17) is 14.8 Å². The van der Waals surface area contributed by atoms with Crippen LogP contribution >= 0.6 is 0 Å². The summed E-state index contributed by atoms with van der Waals surface area (Å²) in [5, 5.41) is 15.3. The molecule has 8 heteroatoms. The van der Waals surface area contributed by atoms with Crippen LogP contribution in [0.2, 0.25) is 0 Å². The van der Waals surface area contributed by atoms with Gasteiger partial charge in [0.15, 0.2) is 11.8 Å². The van der Waals surface area contributed by atoms with Crippen LogP contribution in [0.4, 0.5) is 10.2 Å². The Kier molecular flexibility index (Phi) is 7.17. The lowest BCUT2D eigenvalue weighted by Crippen LogP contribution is -2.40. The Morgan fingerprint density at radius 3 is 2.30 bits per heavy atom. The first-order valence-electron chi connectivity index (χ1n) is 13.7. The largest absolute Gasteiger partial charge is 0.479 e. The van der Waals surface area contributed by atoms with Crippen molar-refractivity contribution in [3.05, 3.63) is 71.7 Å². The van der Waals surface area contributed by atoms with Crippen molar-refractivity contribution in [3.8, 4) is 22.4 Å². The highest BCUT2D eigenvalue weighted by Gasteiger charge is 2.36. The summed E-state index contributed by atoms with van der Waals surface area (Å²) in [6, 6.07) is 16.3. The molecule has 1 saturated heterocycles. The number of aryl methyl sites for hydroxylation is 1. The van der Waals surface area contributed by atoms with Gasteiger partial charge in [-0.05, 0) is 75.3 Å². The minimum atomic E-state index is -1.20. The maximum Gasteiger partial charge on any atom is 0.337 e. The van der Waals surface area contributed by atoms with Crippen molar-refractivity contribution in [1.29, 1.82) is 0 Å². The normalized spacial score (nSPS) is 16.3. The molecule has 7 nitrogen and oxygen atoms in total. The highest BCUT2D eigenvalue weighted by atomic mass is 19.1. The van der Waals surface area contributed by atoms with Crippen molar-refractivity contribution in [1.82, 2.24) is 14.6 Å². The van der Waals surface area contributed by atoms with Crippen LogP contribution in [0.5, 0.6) is 0 Å². The molecule has 0 unspecified atom stereocenters. The number of rotatable bonds is 6. The summed E-state index contributed by atoms with van der Waals surface area (Å²) in [5.74, 6) is -0.617. The van der Waals surface area contributed by atoms with Crippen LogP contribution in [0.15, 0.2) is 54.6 Å². The number of hydrogen-bond acceptors (Lipinski definition) is 5. The van der Waals surface area contributed by atoms with Crippen LogP contribution in [0.25, 0.3) is 28.0 Å². The topological polar surface area (TPSA) is 80.0 Å². The van der Waals surface area contributed by atoms with Crippen molar-refractivity contribution >= 4 is 17.4 Å². The minimum Gasteiger partial charge on any atom is -0.479 e. The van der Waals surface area contributed by atoms with Gasteiger partial charge < -0.3 is 14.7 Å². The van der Waals surface area contributed by atoms with E-state index < -0.39 is 17.7 Å². The molecule has 5 rings (SSSR count). The first-order chi connectivity index (χ1) is 18.8. The molecule has 1 fully saturated rings. The van der Waals surface area contributed by atoms with Crippen molar-refractivity contribution in [2.75, 3.05) is 18.0 Å². The molecule has 1 atom stereocenters. The van der Waals surface area contributed by atoms with Gasteiger partial charge in [0.05, 0.1) is 16.9 Å². The minimum absolute atomic E-state index is 0.210. The number of carboxylic acids is 1. The molecule has 4 aromatic rings. The Morgan fingerprint density at radius 1 is 1.02 bits per heavy atom. The van der Waals surface area contributed by atoms with Gasteiger partial charge >= 0.3 is 5.97 Å². The number of halogens is 1. The van der Waals surface area contributed by atoms with E-state index in [1.807, 2.05) is 58.0 Å². The van der Waals surface area contributed by atoms with Gasteiger partial charge in [-0.1, -0.05) is 44.2 Å². The quantitative estimate of drug-likeness (QED) is 0.279. The molecule has 2 aromatic carbocycles. The highest BCUT2D eigenvalue weighted by molar-refractivity contribution is 5.79. The predicted molar refractivity (Wildman–Crippen MR) is 155 cm³/mol. The second-order valence-corrected chi connectivity index (χ2v) is 12.4. The molecule has 0 amide bonds. The van der Waals surface area contributed by atoms with E-state index in [-0.39, 0.29) is 11.2 Å². The summed E-state index contributed by atoms with van der Waals surface area (Å²) < 4.78 is 21.4. The molecule has 40 heavy (non-hydrogen) atoms. The zero-order valence-corrected chi connectivity index (χ0v) is 24.0. The van der Waals surface area contributed by atoms with E-state index in [1.165, 1.54) is 12.1 Å². The lowest BCUT2D eigenvalue weighted by molar-refractivity contribution is -0.160. The second-order valence-electron chi connectivity index (χ2n) is 12.4. The lowest BCUT2D eigenvalue weighted by atomic mass is 9.82. The number of fused-ring (bicyclic) bond motifs is 1. The zero-order valence-electron chi connectivity index (χ0n) is 24.0. The van der Waals surface area contributed by atoms with E-state index in [1.54, 1.807) is 16.6 Å². The van der Waals surface area contributed by atoms with Gasteiger partial charge in [-0.25, -0.2) is 14.2 Å². The third-order valence-corrected chi connectivity index (χ3v) is 7.51. The molecule has 1 aliphatic heterocycles. The maximum absolute atomic E-state index is 13.5. The third-order valence-electron chi connectivity index (χ3n) is 7.51. The second kappa shape index (κ2) is 10.3. The molecule has 0 bridgehead atoms. The molecule has 210 valence electrons. The summed E-state index contributed by atoms with van der Waals surface area (Å²) in [7, 11) is 0. The van der Waals surface area contributed by atoms with Gasteiger partial charge in [0.1, 0.15) is 11.6 Å². The fraction of sp³-hybridized carbons (Fsp3) is 0.406. The molecule has 0 spiro atoms. The Hall–Kier alpha value is -3.78. The van der Waals surface area contributed by atoms with E-state index in [2.05, 4.69) is 18.7 Å². The number of piperidine rings is 1. The Labute approximate surface area is 234 Å². The summed E-state index contributed by atoms with van der Waals surface area (Å²) in [4.78, 5) is 19.6. The summed E-state index contributed by atoms with van der Waals surface area (Å²) in [6.07, 6.45) is 0.749. The molecular formula is C32H37FN4O3. The first kappa shape index (κ1) is 27.8. The molecule has 0 radical (unpaired) electrons. The van der Waals surface area contributed by atoms with Gasteiger partial charge in [0.25, 0.3) is 0 Å². The van der Waals surface area contributed by atoms with Crippen molar-refractivity contribution in [2.45, 2.75) is 66.1 Å². The fourth-order valence-electron chi connectivity index (χ4n) is 5.28. The van der Waals surface area contributed by atoms with Crippen molar-refractivity contribution < 1.29 is 19.0 Å². The van der Waals surface area contributed by atoms with Crippen molar-refractivity contribution in [3.63, 3.8) is 0 Å². The van der Waals surface area contributed by atoms with Gasteiger partial charge in [0, 0.05) is 30.4 Å². The molecular weight excluding hydrogens is 507 g/mol. The van der Waals surface area contributed by atoms with E-state index >= 15 is 0 Å². The molecule has 3 heterocycles. The molecule has 0 saturated carbocycles. The monoisotopic (exact) mass is 544 g/mol. The molecule has 2 aromatic heterocycles. The third kappa shape index (κ3) is 5.72. The highest BCUT2D eigenvalue weighted by Crippen LogP contribution is 2.39. The average molecular weight is 545 g/mol. The number of carboxylic acid groups (broad SMARTS) is 1. The van der Waals surface area contributed by atoms with Crippen LogP contribution < -0.4 is 4.90 Å². The smallest absolute Gasteiger partial charge is 0.337 e. The predicted octanol–water partition coefficient (Wildman–Crippen LogP) is 7.08. The number of aliphatic carboxylic acids is 1. The van der Waals surface area contributed by atoms with E-state index in [9.17, 15) is 14.3 Å². The Bertz CT molecular complexity index is 1540. The van der Waals surface area contributed by atoms with E-state index in [0.29, 0.717) is 16.9 Å². The number of aromatic nitrogens is 3. The molecule has 1 N–H and O–H groups in total. The van der Waals surface area contributed by atoms with Gasteiger partial charge in [-0.15, -0.1) is 0 Å². The lowest BCUT2D eigenvalue weighted by Gasteiger charge is -2.39.